The standard InChI is InChI=1S/C14H18ClIN2/c1-14(2,10-17)7-3-4-8-18-13-6-5-11(15)9-12(13)16/h5-6,9,18H,3-4,7-8H2,1-2H3. The number of anilines is 1. The average Bonchev–Trinajstić information content (AvgIpc) is 2.31. The molecule has 0 aromatic heterocycles. The van der Waals surface area contributed by atoms with Crippen LogP contribution in [0.3, 0.4) is 0 Å². The lowest BCUT2D eigenvalue weighted by Gasteiger charge is -2.14. The van der Waals surface area contributed by atoms with Crippen LogP contribution in [0.4, 0.5) is 5.69 Å². The highest BCUT2D eigenvalue weighted by molar-refractivity contribution is 14.1. The summed E-state index contributed by atoms with van der Waals surface area (Å²) in [4.78, 5) is 0. The number of hydrogen-bond donors (Lipinski definition) is 1. The first-order valence-electron chi connectivity index (χ1n) is 6.05. The van der Waals surface area contributed by atoms with Crippen molar-refractivity contribution in [1.82, 2.24) is 0 Å². The van der Waals surface area contributed by atoms with Crippen LogP contribution in [0.2, 0.25) is 5.02 Å². The highest BCUT2D eigenvalue weighted by atomic mass is 127. The molecule has 0 heterocycles. The highest BCUT2D eigenvalue weighted by Crippen LogP contribution is 2.23. The van der Waals surface area contributed by atoms with Crippen molar-refractivity contribution in [3.63, 3.8) is 0 Å². The van der Waals surface area contributed by atoms with Gasteiger partial charge in [0, 0.05) is 20.8 Å². The van der Waals surface area contributed by atoms with E-state index in [1.807, 2.05) is 32.0 Å². The zero-order valence-corrected chi connectivity index (χ0v) is 13.7. The first kappa shape index (κ1) is 15.6. The van der Waals surface area contributed by atoms with E-state index in [2.05, 4.69) is 34.0 Å². The number of halogens is 2. The number of nitrogens with zero attached hydrogens (tertiary/aromatic N) is 1. The van der Waals surface area contributed by atoms with Crippen LogP contribution in [-0.4, -0.2) is 6.54 Å². The zero-order valence-electron chi connectivity index (χ0n) is 10.8. The molecule has 0 aliphatic heterocycles. The fourth-order valence-electron chi connectivity index (χ4n) is 1.60. The minimum atomic E-state index is -0.200. The lowest BCUT2D eigenvalue weighted by Crippen LogP contribution is -2.09. The van der Waals surface area contributed by atoms with Gasteiger partial charge in [0.05, 0.1) is 11.5 Å². The number of nitrogens with one attached hydrogen (secondary N) is 1. The second kappa shape index (κ2) is 7.20. The molecule has 0 aliphatic carbocycles. The predicted molar refractivity (Wildman–Crippen MR) is 85.9 cm³/mol. The van der Waals surface area contributed by atoms with Gasteiger partial charge in [0.25, 0.3) is 0 Å². The van der Waals surface area contributed by atoms with E-state index in [-0.39, 0.29) is 5.41 Å². The maximum absolute atomic E-state index is 8.91. The van der Waals surface area contributed by atoms with E-state index in [0.29, 0.717) is 0 Å². The lowest BCUT2D eigenvalue weighted by molar-refractivity contribution is 0.430. The fraction of sp³-hybridized carbons (Fsp3) is 0.500. The van der Waals surface area contributed by atoms with Crippen molar-refractivity contribution in [3.05, 3.63) is 26.8 Å². The molecule has 4 heteroatoms. The summed E-state index contributed by atoms with van der Waals surface area (Å²) in [6, 6.07) is 8.17. The van der Waals surface area contributed by atoms with Gasteiger partial charge in [-0.1, -0.05) is 18.0 Å². The summed E-state index contributed by atoms with van der Waals surface area (Å²) in [7, 11) is 0. The van der Waals surface area contributed by atoms with E-state index in [9.17, 15) is 0 Å². The quantitative estimate of drug-likeness (QED) is 0.555. The smallest absolute Gasteiger partial charge is 0.0683 e. The molecule has 0 unspecified atom stereocenters. The van der Waals surface area contributed by atoms with Crippen LogP contribution in [0.5, 0.6) is 0 Å². The van der Waals surface area contributed by atoms with E-state index < -0.39 is 0 Å². The molecule has 18 heavy (non-hydrogen) atoms. The molecule has 0 aliphatic rings. The van der Waals surface area contributed by atoms with Crippen LogP contribution in [0.1, 0.15) is 33.1 Å². The van der Waals surface area contributed by atoms with Gasteiger partial charge in [0.1, 0.15) is 0 Å². The van der Waals surface area contributed by atoms with E-state index in [1.54, 1.807) is 0 Å². The molecule has 0 fully saturated rings. The Kier molecular flexibility index (Phi) is 6.24. The largest absolute Gasteiger partial charge is 0.384 e. The maximum atomic E-state index is 8.91. The molecule has 0 saturated heterocycles. The van der Waals surface area contributed by atoms with E-state index in [0.717, 1.165) is 40.1 Å². The molecular formula is C14H18ClIN2. The average molecular weight is 377 g/mol. The van der Waals surface area contributed by atoms with Gasteiger partial charge in [-0.25, -0.2) is 0 Å². The van der Waals surface area contributed by atoms with Crippen LogP contribution in [-0.2, 0) is 0 Å². The summed E-state index contributed by atoms with van der Waals surface area (Å²) in [5.41, 5.74) is 0.925. The molecule has 0 amide bonds. The van der Waals surface area contributed by atoms with Crippen molar-refractivity contribution in [1.29, 1.82) is 5.26 Å². The predicted octanol–water partition coefficient (Wildman–Crippen LogP) is 5.08. The normalized spacial score (nSPS) is 11.1. The SMILES string of the molecule is CC(C)(C#N)CCCCNc1ccc(Cl)cc1I. The van der Waals surface area contributed by atoms with Crippen LogP contribution in [0.15, 0.2) is 18.2 Å². The molecule has 0 spiro atoms. The molecule has 2 nitrogen and oxygen atoms in total. The first-order chi connectivity index (χ1) is 8.44. The minimum Gasteiger partial charge on any atom is -0.384 e. The van der Waals surface area contributed by atoms with E-state index in [4.69, 9.17) is 16.9 Å². The topological polar surface area (TPSA) is 35.8 Å². The van der Waals surface area contributed by atoms with Crippen molar-refractivity contribution in [3.8, 4) is 6.07 Å². The van der Waals surface area contributed by atoms with E-state index in [1.165, 1.54) is 0 Å². The Morgan fingerprint density at radius 1 is 1.39 bits per heavy atom. The van der Waals surface area contributed by atoms with Gasteiger partial charge < -0.3 is 5.32 Å². The number of benzene rings is 1. The Balaban J connectivity index is 2.29. The van der Waals surface area contributed by atoms with Crippen molar-refractivity contribution < 1.29 is 0 Å². The summed E-state index contributed by atoms with van der Waals surface area (Å²) in [5, 5.41) is 13.1. The monoisotopic (exact) mass is 376 g/mol. The molecule has 0 atom stereocenters. The number of unbranched alkanes of at least 4 members (excludes halogenated alkanes) is 1. The molecule has 1 N–H and O–H groups in total. The van der Waals surface area contributed by atoms with Gasteiger partial charge >= 0.3 is 0 Å². The molecular weight excluding hydrogens is 359 g/mol. The van der Waals surface area contributed by atoms with Gasteiger partial charge in [0.15, 0.2) is 0 Å². The minimum absolute atomic E-state index is 0.200. The van der Waals surface area contributed by atoms with Crippen LogP contribution >= 0.6 is 34.2 Å². The van der Waals surface area contributed by atoms with Crippen LogP contribution in [0, 0.1) is 20.3 Å². The fourth-order valence-corrected chi connectivity index (χ4v) is 2.67. The van der Waals surface area contributed by atoms with Gasteiger partial charge in [0.2, 0.25) is 0 Å². The Morgan fingerprint density at radius 3 is 2.72 bits per heavy atom. The van der Waals surface area contributed by atoms with Crippen molar-refractivity contribution in [2.75, 3.05) is 11.9 Å². The Hall–Kier alpha value is -0.470. The number of hydrogen-bond acceptors (Lipinski definition) is 2. The Morgan fingerprint density at radius 2 is 2.11 bits per heavy atom. The molecule has 0 saturated carbocycles. The van der Waals surface area contributed by atoms with Crippen molar-refractivity contribution in [2.24, 2.45) is 5.41 Å². The molecule has 0 bridgehead atoms. The Labute approximate surface area is 128 Å². The second-order valence-corrected chi connectivity index (χ2v) is 6.60. The summed E-state index contributed by atoms with van der Waals surface area (Å²) < 4.78 is 1.14. The molecule has 0 radical (unpaired) electrons. The summed E-state index contributed by atoms with van der Waals surface area (Å²) in [6.45, 7) is 4.91. The molecule has 1 rings (SSSR count). The first-order valence-corrected chi connectivity index (χ1v) is 7.50. The molecule has 1 aromatic rings. The lowest BCUT2D eigenvalue weighted by atomic mass is 9.89. The zero-order chi connectivity index (χ0) is 13.6. The summed E-state index contributed by atoms with van der Waals surface area (Å²) in [5.74, 6) is 0. The third-order valence-electron chi connectivity index (χ3n) is 2.78. The summed E-state index contributed by atoms with van der Waals surface area (Å²) >= 11 is 8.18. The van der Waals surface area contributed by atoms with Gasteiger partial charge in [-0.3, -0.25) is 0 Å². The highest BCUT2D eigenvalue weighted by Gasteiger charge is 2.15. The van der Waals surface area contributed by atoms with Crippen LogP contribution in [0.25, 0.3) is 0 Å². The number of rotatable bonds is 6. The van der Waals surface area contributed by atoms with Gasteiger partial charge in [-0.2, -0.15) is 5.26 Å². The second-order valence-electron chi connectivity index (χ2n) is 5.00. The molecule has 1 aromatic carbocycles. The summed E-state index contributed by atoms with van der Waals surface area (Å²) in [6.07, 6.45) is 3.09. The Bertz CT molecular complexity index is 438. The van der Waals surface area contributed by atoms with Crippen molar-refractivity contribution >= 4 is 39.9 Å². The van der Waals surface area contributed by atoms with E-state index >= 15 is 0 Å². The third-order valence-corrected chi connectivity index (χ3v) is 3.91. The maximum Gasteiger partial charge on any atom is 0.0683 e. The van der Waals surface area contributed by atoms with Gasteiger partial charge in [-0.15, -0.1) is 0 Å². The number of nitriles is 1. The van der Waals surface area contributed by atoms with Gasteiger partial charge in [-0.05, 0) is 67.5 Å². The van der Waals surface area contributed by atoms with Crippen LogP contribution < -0.4 is 5.32 Å². The molecule has 98 valence electrons. The van der Waals surface area contributed by atoms with Crippen molar-refractivity contribution in [2.45, 2.75) is 33.1 Å². The third kappa shape index (κ3) is 5.45.